The zero-order valence-corrected chi connectivity index (χ0v) is 19.6. The first-order valence-corrected chi connectivity index (χ1v) is 11.6. The highest BCUT2D eigenvalue weighted by molar-refractivity contribution is 6.42. The summed E-state index contributed by atoms with van der Waals surface area (Å²) in [7, 11) is 0. The van der Waals surface area contributed by atoms with Crippen LogP contribution in [0.3, 0.4) is 0 Å². The van der Waals surface area contributed by atoms with E-state index in [2.05, 4.69) is 4.90 Å². The Morgan fingerprint density at radius 1 is 0.939 bits per heavy atom. The number of benzene rings is 2. The molecule has 4 rings (SSSR count). The Bertz CT molecular complexity index is 1050. The van der Waals surface area contributed by atoms with Gasteiger partial charge in [0.2, 0.25) is 5.91 Å². The Morgan fingerprint density at radius 3 is 2.24 bits per heavy atom. The predicted octanol–water partition coefficient (Wildman–Crippen LogP) is 2.58. The molecule has 0 bridgehead atoms. The predicted molar refractivity (Wildman–Crippen MR) is 126 cm³/mol. The van der Waals surface area contributed by atoms with Crippen LogP contribution in [0.4, 0.5) is 0 Å². The lowest BCUT2D eigenvalue weighted by molar-refractivity contribution is -0.137. The normalized spacial score (nSPS) is 19.2. The van der Waals surface area contributed by atoms with Crippen LogP contribution in [-0.2, 0) is 9.59 Å². The second-order valence-corrected chi connectivity index (χ2v) is 9.10. The average Bonchev–Trinajstić information content (AvgIpc) is 3.22. The van der Waals surface area contributed by atoms with E-state index in [9.17, 15) is 14.4 Å². The first kappa shape index (κ1) is 23.7. The van der Waals surface area contributed by atoms with Crippen LogP contribution < -0.4 is 0 Å². The smallest absolute Gasteiger partial charge is 0.254 e. The molecule has 33 heavy (non-hydrogen) atoms. The number of aliphatic hydroxyl groups is 1. The van der Waals surface area contributed by atoms with Gasteiger partial charge in [-0.05, 0) is 35.4 Å². The molecule has 7 nitrogen and oxygen atoms in total. The van der Waals surface area contributed by atoms with E-state index < -0.39 is 6.04 Å². The number of likely N-dealkylation sites (tertiary alicyclic amines) is 1. The molecule has 2 aromatic carbocycles. The Balaban J connectivity index is 1.46. The molecular weight excluding hydrogens is 465 g/mol. The van der Waals surface area contributed by atoms with E-state index in [0.29, 0.717) is 48.3 Å². The van der Waals surface area contributed by atoms with Crippen molar-refractivity contribution in [3.05, 3.63) is 58.1 Å². The Labute approximate surface area is 202 Å². The van der Waals surface area contributed by atoms with Crippen molar-refractivity contribution >= 4 is 40.8 Å². The van der Waals surface area contributed by atoms with Crippen LogP contribution in [0.15, 0.2) is 42.5 Å². The Kier molecular flexibility index (Phi) is 7.34. The molecule has 2 aliphatic heterocycles. The van der Waals surface area contributed by atoms with Crippen LogP contribution in [-0.4, -0.2) is 89.3 Å². The number of rotatable bonds is 5. The summed E-state index contributed by atoms with van der Waals surface area (Å²) in [5.74, 6) is -0.642. The van der Waals surface area contributed by atoms with Gasteiger partial charge in [0.1, 0.15) is 6.04 Å². The van der Waals surface area contributed by atoms with Gasteiger partial charge in [-0.3, -0.25) is 19.3 Å². The van der Waals surface area contributed by atoms with E-state index in [1.54, 1.807) is 29.2 Å². The summed E-state index contributed by atoms with van der Waals surface area (Å²) >= 11 is 12.1. The number of β-amino-alcohol motifs (C(OH)–C–C–N with tert-alkyl or cyclic N) is 1. The summed E-state index contributed by atoms with van der Waals surface area (Å²) < 4.78 is 0. The maximum atomic E-state index is 13.2. The molecule has 0 radical (unpaired) electrons. The zero-order chi connectivity index (χ0) is 23.5. The zero-order valence-electron chi connectivity index (χ0n) is 18.0. The minimum Gasteiger partial charge on any atom is -0.395 e. The molecule has 1 atom stereocenters. The number of hydrogen-bond donors (Lipinski definition) is 1. The summed E-state index contributed by atoms with van der Waals surface area (Å²) in [6, 6.07) is 11.5. The number of piperazine rings is 1. The number of amides is 2. The lowest BCUT2D eigenvalue weighted by atomic mass is 10.0. The fourth-order valence-electron chi connectivity index (χ4n) is 4.32. The number of carbonyl (C=O) groups excluding carboxylic acids is 3. The number of carbonyl (C=O) groups is 3. The summed E-state index contributed by atoms with van der Waals surface area (Å²) in [4.78, 5) is 43.7. The fourth-order valence-corrected chi connectivity index (χ4v) is 4.61. The molecule has 1 N–H and O–H groups in total. The number of halogens is 2. The van der Waals surface area contributed by atoms with Gasteiger partial charge in [-0.1, -0.05) is 41.4 Å². The molecule has 9 heteroatoms. The third-order valence-electron chi connectivity index (χ3n) is 6.17. The SMILES string of the molecule is O=C1CC(C(=O)N2CCN(CCO)CC2)N(C(=O)c2ccc(-c3ccc(Cl)c(Cl)c3)cc2)C1. The van der Waals surface area contributed by atoms with Gasteiger partial charge in [0.15, 0.2) is 5.78 Å². The molecule has 0 aliphatic carbocycles. The number of ketones is 1. The van der Waals surface area contributed by atoms with Crippen LogP contribution >= 0.6 is 23.2 Å². The molecule has 2 aromatic rings. The van der Waals surface area contributed by atoms with Gasteiger partial charge in [0.05, 0.1) is 23.2 Å². The van der Waals surface area contributed by atoms with Gasteiger partial charge in [0.25, 0.3) is 5.91 Å². The third kappa shape index (κ3) is 5.22. The van der Waals surface area contributed by atoms with Crippen molar-refractivity contribution < 1.29 is 19.5 Å². The monoisotopic (exact) mass is 489 g/mol. The van der Waals surface area contributed by atoms with Crippen molar-refractivity contribution in [2.24, 2.45) is 0 Å². The molecule has 174 valence electrons. The van der Waals surface area contributed by atoms with Crippen molar-refractivity contribution in [3.8, 4) is 11.1 Å². The van der Waals surface area contributed by atoms with Gasteiger partial charge < -0.3 is 14.9 Å². The van der Waals surface area contributed by atoms with Crippen LogP contribution in [0.5, 0.6) is 0 Å². The second-order valence-electron chi connectivity index (χ2n) is 8.29. The van der Waals surface area contributed by atoms with Gasteiger partial charge in [-0.15, -0.1) is 0 Å². The van der Waals surface area contributed by atoms with E-state index in [0.717, 1.165) is 11.1 Å². The number of hydrogen-bond acceptors (Lipinski definition) is 5. The lowest BCUT2D eigenvalue weighted by Crippen LogP contribution is -2.54. The molecule has 0 aromatic heterocycles. The highest BCUT2D eigenvalue weighted by Gasteiger charge is 2.41. The molecule has 2 fully saturated rings. The summed E-state index contributed by atoms with van der Waals surface area (Å²) in [5.41, 5.74) is 2.16. The van der Waals surface area contributed by atoms with Gasteiger partial charge >= 0.3 is 0 Å². The molecule has 2 heterocycles. The first-order chi connectivity index (χ1) is 15.9. The lowest BCUT2D eigenvalue weighted by Gasteiger charge is -2.36. The van der Waals surface area contributed by atoms with E-state index in [1.807, 2.05) is 18.2 Å². The molecule has 0 saturated carbocycles. The highest BCUT2D eigenvalue weighted by Crippen LogP contribution is 2.29. The van der Waals surface area contributed by atoms with Crippen molar-refractivity contribution in [1.82, 2.24) is 14.7 Å². The molecule has 0 spiro atoms. The standard InChI is InChI=1S/C24H25Cl2N3O4/c25-20-6-5-18(13-21(20)26)16-1-3-17(4-2-16)23(32)29-15-19(31)14-22(29)24(33)28-9-7-27(8-10-28)11-12-30/h1-6,13,22,30H,7-12,14-15H2. The maximum Gasteiger partial charge on any atom is 0.254 e. The maximum absolute atomic E-state index is 13.2. The largest absolute Gasteiger partial charge is 0.395 e. The van der Waals surface area contributed by atoms with E-state index in [1.165, 1.54) is 4.90 Å². The van der Waals surface area contributed by atoms with Gasteiger partial charge in [-0.2, -0.15) is 0 Å². The first-order valence-electron chi connectivity index (χ1n) is 10.9. The van der Waals surface area contributed by atoms with Crippen molar-refractivity contribution in [3.63, 3.8) is 0 Å². The molecule has 2 aliphatic rings. The summed E-state index contributed by atoms with van der Waals surface area (Å²) in [6.45, 7) is 2.96. The van der Waals surface area contributed by atoms with Crippen molar-refractivity contribution in [2.45, 2.75) is 12.5 Å². The summed E-state index contributed by atoms with van der Waals surface area (Å²) in [5, 5.41) is 10.0. The molecule has 1 unspecified atom stereocenters. The van der Waals surface area contributed by atoms with Crippen LogP contribution in [0.2, 0.25) is 10.0 Å². The van der Waals surface area contributed by atoms with Gasteiger partial charge in [-0.25, -0.2) is 0 Å². The number of aliphatic hydroxyl groups excluding tert-OH is 1. The number of nitrogens with zero attached hydrogens (tertiary/aromatic N) is 3. The quantitative estimate of drug-likeness (QED) is 0.697. The highest BCUT2D eigenvalue weighted by atomic mass is 35.5. The minimum atomic E-state index is -0.774. The molecular formula is C24H25Cl2N3O4. The Morgan fingerprint density at radius 2 is 1.61 bits per heavy atom. The van der Waals surface area contributed by atoms with Crippen LogP contribution in [0, 0.1) is 0 Å². The van der Waals surface area contributed by atoms with Gasteiger partial charge in [0, 0.05) is 44.7 Å². The third-order valence-corrected chi connectivity index (χ3v) is 6.91. The summed E-state index contributed by atoms with van der Waals surface area (Å²) in [6.07, 6.45) is 0.0444. The Hall–Kier alpha value is -2.45. The topological polar surface area (TPSA) is 81.2 Å². The van der Waals surface area contributed by atoms with Crippen molar-refractivity contribution in [1.29, 1.82) is 0 Å². The number of Topliss-reactive ketones (excluding diaryl/α,β-unsaturated/α-hetero) is 1. The molecule has 2 saturated heterocycles. The minimum absolute atomic E-state index is 0.0444. The van der Waals surface area contributed by atoms with E-state index in [-0.39, 0.29) is 37.2 Å². The van der Waals surface area contributed by atoms with Crippen LogP contribution in [0.25, 0.3) is 11.1 Å². The average molecular weight is 490 g/mol. The van der Waals surface area contributed by atoms with E-state index >= 15 is 0 Å². The van der Waals surface area contributed by atoms with E-state index in [4.69, 9.17) is 28.3 Å². The second kappa shape index (κ2) is 10.2. The fraction of sp³-hybridized carbons (Fsp3) is 0.375. The molecule has 2 amide bonds. The van der Waals surface area contributed by atoms with Crippen LogP contribution in [0.1, 0.15) is 16.8 Å². The van der Waals surface area contributed by atoms with Crippen molar-refractivity contribution in [2.75, 3.05) is 45.9 Å².